The number of thiophene rings is 1. The van der Waals surface area contributed by atoms with E-state index in [-0.39, 0.29) is 0 Å². The lowest BCUT2D eigenvalue weighted by molar-refractivity contribution is -0.141. The minimum atomic E-state index is -2.07. The molecule has 2 amide bonds. The molecule has 0 saturated carbocycles. The number of hydrogen-bond acceptors (Lipinski definition) is 5. The van der Waals surface area contributed by atoms with Gasteiger partial charge in [0.05, 0.1) is 11.8 Å². The topological polar surface area (TPSA) is 82.8 Å². The maximum Gasteiger partial charge on any atom is 0.279 e. The van der Waals surface area contributed by atoms with Crippen LogP contribution in [0.25, 0.3) is 0 Å². The minimum Gasteiger partial charge on any atom is -0.467 e. The Morgan fingerprint density at radius 1 is 0.868 bits per heavy atom. The maximum atomic E-state index is 14.1. The standard InChI is InChI=1S/C31H26N2O4S/c1-22-20-24(21-38-22)29(34)33(28(27-18-11-19-37-27)23-12-5-2-6-13-23)32-30(35)31(36,25-14-7-3-8-15-25)26-16-9-4-10-17-26/h2-21,28,36H,1H3,(H,32,35)/t28-/m0/s1. The van der Waals surface area contributed by atoms with Crippen LogP contribution < -0.4 is 5.43 Å². The summed E-state index contributed by atoms with van der Waals surface area (Å²) in [4.78, 5) is 29.1. The number of hydrazine groups is 1. The van der Waals surface area contributed by atoms with Gasteiger partial charge in [-0.15, -0.1) is 11.3 Å². The van der Waals surface area contributed by atoms with Crippen LogP contribution in [-0.4, -0.2) is 21.9 Å². The molecule has 0 saturated heterocycles. The SMILES string of the molecule is Cc1cc(C(=O)N(NC(=O)C(O)(c2ccccc2)c2ccccc2)[C@@H](c2ccccc2)c2ccco2)cs1. The summed E-state index contributed by atoms with van der Waals surface area (Å²) in [7, 11) is 0. The Bertz CT molecular complexity index is 1460. The lowest BCUT2D eigenvalue weighted by Gasteiger charge is -2.35. The fraction of sp³-hybridized carbons (Fsp3) is 0.0968. The average molecular weight is 523 g/mol. The normalized spacial score (nSPS) is 12.1. The van der Waals surface area contributed by atoms with E-state index in [4.69, 9.17) is 4.42 Å². The first kappa shape index (κ1) is 25.2. The van der Waals surface area contributed by atoms with Gasteiger partial charge in [0.1, 0.15) is 11.8 Å². The van der Waals surface area contributed by atoms with E-state index < -0.39 is 23.5 Å². The number of furan rings is 1. The Kier molecular flexibility index (Phi) is 7.22. The smallest absolute Gasteiger partial charge is 0.279 e. The first-order valence-electron chi connectivity index (χ1n) is 12.1. The number of aliphatic hydroxyl groups is 1. The molecule has 0 bridgehead atoms. The highest BCUT2D eigenvalue weighted by Crippen LogP contribution is 2.33. The third kappa shape index (κ3) is 4.89. The van der Waals surface area contributed by atoms with E-state index in [1.807, 2.05) is 49.4 Å². The molecule has 0 aliphatic rings. The van der Waals surface area contributed by atoms with Crippen molar-refractivity contribution >= 4 is 23.2 Å². The average Bonchev–Trinajstić information content (AvgIpc) is 3.65. The van der Waals surface area contributed by atoms with E-state index in [1.165, 1.54) is 22.6 Å². The molecule has 5 aromatic rings. The second-order valence-electron chi connectivity index (χ2n) is 8.83. The Morgan fingerprint density at radius 2 is 1.45 bits per heavy atom. The molecule has 2 heterocycles. The highest BCUT2D eigenvalue weighted by molar-refractivity contribution is 7.10. The molecule has 2 aromatic heterocycles. The lowest BCUT2D eigenvalue weighted by Crippen LogP contribution is -2.55. The van der Waals surface area contributed by atoms with Crippen LogP contribution in [0.4, 0.5) is 0 Å². The van der Waals surface area contributed by atoms with Crippen LogP contribution >= 0.6 is 11.3 Å². The van der Waals surface area contributed by atoms with Gasteiger partial charge >= 0.3 is 0 Å². The molecule has 0 spiro atoms. The molecule has 2 N–H and O–H groups in total. The zero-order chi connectivity index (χ0) is 26.5. The Labute approximate surface area is 224 Å². The summed E-state index contributed by atoms with van der Waals surface area (Å²) in [6, 6.07) is 31.1. The monoisotopic (exact) mass is 522 g/mol. The van der Waals surface area contributed by atoms with Crippen molar-refractivity contribution in [1.29, 1.82) is 0 Å². The second-order valence-corrected chi connectivity index (χ2v) is 9.95. The third-order valence-electron chi connectivity index (χ3n) is 6.32. The summed E-state index contributed by atoms with van der Waals surface area (Å²) in [5, 5.41) is 15.0. The highest BCUT2D eigenvalue weighted by Gasteiger charge is 2.43. The zero-order valence-electron chi connectivity index (χ0n) is 20.7. The van der Waals surface area contributed by atoms with Gasteiger partial charge in [0.25, 0.3) is 11.8 Å². The van der Waals surface area contributed by atoms with Gasteiger partial charge < -0.3 is 9.52 Å². The van der Waals surface area contributed by atoms with Crippen molar-refractivity contribution in [2.75, 3.05) is 0 Å². The number of amides is 2. The fourth-order valence-corrected chi connectivity index (χ4v) is 5.10. The number of carbonyl (C=O) groups excluding carboxylic acids is 2. The van der Waals surface area contributed by atoms with E-state index in [9.17, 15) is 14.7 Å². The fourth-order valence-electron chi connectivity index (χ4n) is 4.43. The first-order chi connectivity index (χ1) is 18.5. The zero-order valence-corrected chi connectivity index (χ0v) is 21.5. The Balaban J connectivity index is 1.63. The Hall–Kier alpha value is -4.46. The molecule has 5 rings (SSSR count). The van der Waals surface area contributed by atoms with Crippen LogP contribution in [0.1, 0.15) is 43.7 Å². The number of rotatable bonds is 7. The van der Waals surface area contributed by atoms with Crippen molar-refractivity contribution in [3.05, 3.63) is 154 Å². The van der Waals surface area contributed by atoms with Crippen molar-refractivity contribution in [2.24, 2.45) is 0 Å². The summed E-state index contributed by atoms with van der Waals surface area (Å²) < 4.78 is 5.75. The number of benzene rings is 3. The molecular formula is C31H26N2O4S. The van der Waals surface area contributed by atoms with Crippen molar-refractivity contribution < 1.29 is 19.1 Å². The van der Waals surface area contributed by atoms with Gasteiger partial charge in [-0.05, 0) is 41.8 Å². The van der Waals surface area contributed by atoms with Crippen LogP contribution in [0.3, 0.4) is 0 Å². The minimum absolute atomic E-state index is 0.372. The molecule has 0 aliphatic heterocycles. The molecule has 190 valence electrons. The molecule has 3 aromatic carbocycles. The molecular weight excluding hydrogens is 496 g/mol. The number of nitrogens with zero attached hydrogens (tertiary/aromatic N) is 1. The van der Waals surface area contributed by atoms with Gasteiger partial charge in [-0.3, -0.25) is 15.0 Å². The summed E-state index contributed by atoms with van der Waals surface area (Å²) in [5.41, 5.74) is 2.61. The molecule has 1 atom stereocenters. The second kappa shape index (κ2) is 10.9. The summed E-state index contributed by atoms with van der Waals surface area (Å²) >= 11 is 1.44. The predicted octanol–water partition coefficient (Wildman–Crippen LogP) is 5.85. The third-order valence-corrected chi connectivity index (χ3v) is 7.18. The van der Waals surface area contributed by atoms with Gasteiger partial charge in [0.15, 0.2) is 5.60 Å². The number of hydrogen-bond donors (Lipinski definition) is 2. The summed E-state index contributed by atoms with van der Waals surface area (Å²) in [6.07, 6.45) is 1.52. The molecule has 0 fully saturated rings. The Morgan fingerprint density at radius 3 is 1.95 bits per heavy atom. The van der Waals surface area contributed by atoms with Crippen molar-refractivity contribution in [3.63, 3.8) is 0 Å². The van der Waals surface area contributed by atoms with E-state index in [1.54, 1.807) is 72.1 Å². The van der Waals surface area contributed by atoms with E-state index in [2.05, 4.69) is 5.43 Å². The molecule has 0 unspecified atom stereocenters. The van der Waals surface area contributed by atoms with Crippen molar-refractivity contribution in [3.8, 4) is 0 Å². The van der Waals surface area contributed by atoms with Crippen molar-refractivity contribution in [1.82, 2.24) is 10.4 Å². The summed E-state index contributed by atoms with van der Waals surface area (Å²) in [6.45, 7) is 1.91. The van der Waals surface area contributed by atoms with Gasteiger partial charge in [-0.2, -0.15) is 0 Å². The lowest BCUT2D eigenvalue weighted by atomic mass is 9.85. The van der Waals surface area contributed by atoms with Crippen LogP contribution in [0.15, 0.2) is 125 Å². The molecule has 6 nitrogen and oxygen atoms in total. The molecule has 0 aliphatic carbocycles. The van der Waals surface area contributed by atoms with Crippen molar-refractivity contribution in [2.45, 2.75) is 18.6 Å². The van der Waals surface area contributed by atoms with Gasteiger partial charge in [0.2, 0.25) is 0 Å². The van der Waals surface area contributed by atoms with E-state index in [0.717, 1.165) is 10.4 Å². The summed E-state index contributed by atoms with van der Waals surface area (Å²) in [5.74, 6) is -0.751. The number of nitrogens with one attached hydrogen (secondary N) is 1. The van der Waals surface area contributed by atoms with Crippen LogP contribution in [0.2, 0.25) is 0 Å². The highest BCUT2D eigenvalue weighted by atomic mass is 32.1. The van der Waals surface area contributed by atoms with E-state index >= 15 is 0 Å². The van der Waals surface area contributed by atoms with Crippen LogP contribution in [-0.2, 0) is 10.4 Å². The van der Waals surface area contributed by atoms with E-state index in [0.29, 0.717) is 22.5 Å². The molecule has 0 radical (unpaired) electrons. The number of carbonyl (C=O) groups is 2. The molecule has 38 heavy (non-hydrogen) atoms. The van der Waals surface area contributed by atoms with Crippen LogP contribution in [0.5, 0.6) is 0 Å². The quantitative estimate of drug-likeness (QED) is 0.263. The first-order valence-corrected chi connectivity index (χ1v) is 13.0. The van der Waals surface area contributed by atoms with Gasteiger partial charge in [0, 0.05) is 10.3 Å². The van der Waals surface area contributed by atoms with Gasteiger partial charge in [-0.1, -0.05) is 91.0 Å². The predicted molar refractivity (Wildman–Crippen MR) is 146 cm³/mol. The van der Waals surface area contributed by atoms with Crippen LogP contribution in [0, 0.1) is 6.92 Å². The van der Waals surface area contributed by atoms with Gasteiger partial charge in [-0.25, -0.2) is 5.01 Å². The largest absolute Gasteiger partial charge is 0.467 e. The molecule has 7 heteroatoms. The maximum absolute atomic E-state index is 14.1. The number of aryl methyl sites for hydroxylation is 1.